The van der Waals surface area contributed by atoms with Crippen LogP contribution in [0.25, 0.3) is 0 Å². The molecule has 0 bridgehead atoms. The molecule has 3 heteroatoms. The maximum atomic E-state index is 11.9. The van der Waals surface area contributed by atoms with Crippen LogP contribution < -0.4 is 5.32 Å². The Morgan fingerprint density at radius 2 is 1.93 bits per heavy atom. The summed E-state index contributed by atoms with van der Waals surface area (Å²) < 4.78 is 0. The van der Waals surface area contributed by atoms with Crippen LogP contribution in [0.2, 0.25) is 0 Å². The van der Waals surface area contributed by atoms with E-state index in [9.17, 15) is 4.79 Å². The van der Waals surface area contributed by atoms with Crippen molar-refractivity contribution in [2.24, 2.45) is 11.8 Å². The highest BCUT2D eigenvalue weighted by atomic mass is 16.2. The van der Waals surface area contributed by atoms with Crippen molar-refractivity contribution >= 4 is 5.91 Å². The van der Waals surface area contributed by atoms with Crippen molar-refractivity contribution in [3.63, 3.8) is 0 Å². The first-order valence-corrected chi connectivity index (χ1v) is 6.05. The van der Waals surface area contributed by atoms with Gasteiger partial charge in [-0.2, -0.15) is 0 Å². The first kappa shape index (κ1) is 12.5. The molecular formula is C12H24N2O. The molecule has 0 radical (unpaired) electrons. The Balaban J connectivity index is 2.31. The van der Waals surface area contributed by atoms with Gasteiger partial charge in [0.05, 0.1) is 0 Å². The van der Waals surface area contributed by atoms with Gasteiger partial charge in [0.25, 0.3) is 0 Å². The molecule has 1 saturated heterocycles. The first-order chi connectivity index (χ1) is 7.13. The van der Waals surface area contributed by atoms with Gasteiger partial charge in [0.1, 0.15) is 0 Å². The molecular weight excluding hydrogens is 188 g/mol. The molecule has 1 heterocycles. The number of likely N-dealkylation sites (tertiary alicyclic amines) is 1. The highest BCUT2D eigenvalue weighted by Crippen LogP contribution is 2.21. The molecule has 0 aromatic heterocycles. The van der Waals surface area contributed by atoms with Crippen molar-refractivity contribution in [2.75, 3.05) is 26.7 Å². The van der Waals surface area contributed by atoms with Crippen molar-refractivity contribution in [1.82, 2.24) is 10.2 Å². The quantitative estimate of drug-likeness (QED) is 0.716. The molecule has 1 amide bonds. The van der Waals surface area contributed by atoms with E-state index in [4.69, 9.17) is 0 Å². The van der Waals surface area contributed by atoms with Gasteiger partial charge in [-0.05, 0) is 38.3 Å². The van der Waals surface area contributed by atoms with Gasteiger partial charge in [-0.3, -0.25) is 4.79 Å². The average molecular weight is 212 g/mol. The van der Waals surface area contributed by atoms with Crippen LogP contribution in [0.5, 0.6) is 0 Å². The minimum absolute atomic E-state index is 0.337. The molecule has 1 N–H and O–H groups in total. The van der Waals surface area contributed by atoms with E-state index in [-0.39, 0.29) is 0 Å². The summed E-state index contributed by atoms with van der Waals surface area (Å²) >= 11 is 0. The van der Waals surface area contributed by atoms with Crippen molar-refractivity contribution in [3.05, 3.63) is 0 Å². The second kappa shape index (κ2) is 6.11. The molecule has 1 fully saturated rings. The van der Waals surface area contributed by atoms with Crippen LogP contribution in [-0.2, 0) is 4.79 Å². The summed E-state index contributed by atoms with van der Waals surface area (Å²) in [7, 11) is 1.93. The zero-order chi connectivity index (χ0) is 11.3. The second-order valence-corrected chi connectivity index (χ2v) is 4.95. The molecule has 0 spiro atoms. The van der Waals surface area contributed by atoms with E-state index in [1.807, 2.05) is 7.05 Å². The summed E-state index contributed by atoms with van der Waals surface area (Å²) in [6.45, 7) is 7.34. The van der Waals surface area contributed by atoms with E-state index in [0.717, 1.165) is 26.1 Å². The normalized spacial score (nSPS) is 26.7. The molecule has 0 aromatic rings. The van der Waals surface area contributed by atoms with E-state index in [1.54, 1.807) is 0 Å². The first-order valence-electron chi connectivity index (χ1n) is 6.05. The topological polar surface area (TPSA) is 32.3 Å². The molecule has 2 unspecified atom stereocenters. The number of piperidine rings is 1. The smallest absolute Gasteiger partial charge is 0.222 e. The van der Waals surface area contributed by atoms with E-state index < -0.39 is 0 Å². The van der Waals surface area contributed by atoms with Gasteiger partial charge in [0.15, 0.2) is 0 Å². The number of nitrogens with one attached hydrogen (secondary N) is 1. The van der Waals surface area contributed by atoms with Gasteiger partial charge < -0.3 is 10.2 Å². The highest BCUT2D eigenvalue weighted by Gasteiger charge is 2.24. The molecule has 0 saturated carbocycles. The van der Waals surface area contributed by atoms with Crippen LogP contribution >= 0.6 is 0 Å². The number of hydrogen-bond donors (Lipinski definition) is 1. The molecule has 0 aliphatic carbocycles. The van der Waals surface area contributed by atoms with Crippen LogP contribution in [0, 0.1) is 11.8 Å². The Kier molecular flexibility index (Phi) is 5.09. The summed E-state index contributed by atoms with van der Waals surface area (Å²) in [5.74, 6) is 1.67. The standard InChI is InChI=1S/C12H24N2O/c1-10-7-11(2)9-14(8-10)12(15)5-4-6-13-3/h10-11,13H,4-9H2,1-3H3. The molecule has 0 aromatic carbocycles. The fourth-order valence-electron chi connectivity index (χ4n) is 2.44. The Hall–Kier alpha value is -0.570. The molecule has 2 atom stereocenters. The minimum atomic E-state index is 0.337. The second-order valence-electron chi connectivity index (χ2n) is 4.95. The molecule has 88 valence electrons. The van der Waals surface area contributed by atoms with E-state index >= 15 is 0 Å². The highest BCUT2D eigenvalue weighted by molar-refractivity contribution is 5.76. The van der Waals surface area contributed by atoms with Gasteiger partial charge in [0.2, 0.25) is 5.91 Å². The van der Waals surface area contributed by atoms with Crippen LogP contribution in [-0.4, -0.2) is 37.5 Å². The van der Waals surface area contributed by atoms with E-state index in [0.29, 0.717) is 24.2 Å². The lowest BCUT2D eigenvalue weighted by molar-refractivity contribution is -0.133. The zero-order valence-corrected chi connectivity index (χ0v) is 10.3. The van der Waals surface area contributed by atoms with Gasteiger partial charge in [-0.1, -0.05) is 13.8 Å². The number of carbonyl (C=O) groups excluding carboxylic acids is 1. The summed E-state index contributed by atoms with van der Waals surface area (Å²) in [5, 5.41) is 3.07. The number of carbonyl (C=O) groups is 1. The number of rotatable bonds is 4. The zero-order valence-electron chi connectivity index (χ0n) is 10.3. The summed E-state index contributed by atoms with van der Waals surface area (Å²) in [6.07, 6.45) is 2.91. The molecule has 15 heavy (non-hydrogen) atoms. The Morgan fingerprint density at radius 3 is 2.47 bits per heavy atom. The van der Waals surface area contributed by atoms with Crippen molar-refractivity contribution in [3.8, 4) is 0 Å². The molecule has 3 nitrogen and oxygen atoms in total. The van der Waals surface area contributed by atoms with Gasteiger partial charge in [-0.25, -0.2) is 0 Å². The third-order valence-corrected chi connectivity index (χ3v) is 3.04. The number of nitrogens with zero attached hydrogens (tertiary/aromatic N) is 1. The fourth-order valence-corrected chi connectivity index (χ4v) is 2.44. The monoisotopic (exact) mass is 212 g/mol. The Bertz CT molecular complexity index is 196. The van der Waals surface area contributed by atoms with Gasteiger partial charge in [0, 0.05) is 19.5 Å². The predicted molar refractivity (Wildman–Crippen MR) is 62.7 cm³/mol. The summed E-state index contributed by atoms with van der Waals surface area (Å²) in [6, 6.07) is 0. The van der Waals surface area contributed by atoms with Gasteiger partial charge in [-0.15, -0.1) is 0 Å². The number of hydrogen-bond acceptors (Lipinski definition) is 2. The Labute approximate surface area is 93.2 Å². The molecule has 1 aliphatic heterocycles. The van der Waals surface area contributed by atoms with Crippen LogP contribution in [0.1, 0.15) is 33.1 Å². The van der Waals surface area contributed by atoms with Crippen LogP contribution in [0.3, 0.4) is 0 Å². The summed E-state index contributed by atoms with van der Waals surface area (Å²) in [5.41, 5.74) is 0. The SMILES string of the molecule is CNCCCC(=O)N1CC(C)CC(C)C1. The largest absolute Gasteiger partial charge is 0.342 e. The van der Waals surface area contributed by atoms with Crippen molar-refractivity contribution in [2.45, 2.75) is 33.1 Å². The maximum Gasteiger partial charge on any atom is 0.222 e. The number of amides is 1. The predicted octanol–water partition coefficient (Wildman–Crippen LogP) is 1.49. The van der Waals surface area contributed by atoms with E-state index in [2.05, 4.69) is 24.1 Å². The van der Waals surface area contributed by atoms with Crippen molar-refractivity contribution in [1.29, 1.82) is 0 Å². The summed E-state index contributed by atoms with van der Waals surface area (Å²) in [4.78, 5) is 13.9. The lowest BCUT2D eigenvalue weighted by Crippen LogP contribution is -2.42. The van der Waals surface area contributed by atoms with Crippen molar-refractivity contribution < 1.29 is 4.79 Å². The lowest BCUT2D eigenvalue weighted by Gasteiger charge is -2.35. The van der Waals surface area contributed by atoms with Crippen LogP contribution in [0.15, 0.2) is 0 Å². The average Bonchev–Trinajstić information content (AvgIpc) is 2.16. The minimum Gasteiger partial charge on any atom is -0.342 e. The lowest BCUT2D eigenvalue weighted by atomic mass is 9.91. The maximum absolute atomic E-state index is 11.9. The fraction of sp³-hybridized carbons (Fsp3) is 0.917. The third-order valence-electron chi connectivity index (χ3n) is 3.04. The molecule has 1 aliphatic rings. The third kappa shape index (κ3) is 4.20. The molecule has 1 rings (SSSR count). The van der Waals surface area contributed by atoms with Gasteiger partial charge >= 0.3 is 0 Å². The van der Waals surface area contributed by atoms with Crippen LogP contribution in [0.4, 0.5) is 0 Å². The Morgan fingerprint density at radius 1 is 1.33 bits per heavy atom. The van der Waals surface area contributed by atoms with E-state index in [1.165, 1.54) is 6.42 Å².